The Hall–Kier alpha value is 0.230. The quantitative estimate of drug-likeness (QED) is 0.614. The molecule has 0 aromatic carbocycles. The van der Waals surface area contributed by atoms with Gasteiger partial charge in [-0.2, -0.15) is 11.8 Å². The first-order valence-electron chi connectivity index (χ1n) is 4.70. The molecule has 0 amide bonds. The normalized spacial score (nSPS) is 29.5. The molecule has 0 aromatic heterocycles. The molecular formula is C9H19NO2S. The van der Waals surface area contributed by atoms with E-state index in [1.165, 1.54) is 0 Å². The van der Waals surface area contributed by atoms with Gasteiger partial charge in [-0.3, -0.25) is 0 Å². The summed E-state index contributed by atoms with van der Waals surface area (Å²) in [7, 11) is 0. The predicted molar refractivity (Wildman–Crippen MR) is 56.0 cm³/mol. The molecule has 2 unspecified atom stereocenters. The van der Waals surface area contributed by atoms with Crippen molar-refractivity contribution in [2.24, 2.45) is 0 Å². The molecule has 0 bridgehead atoms. The maximum Gasteiger partial charge on any atom is 0.0633 e. The maximum atomic E-state index is 9.08. The summed E-state index contributed by atoms with van der Waals surface area (Å²) in [5, 5.41) is 22.2. The lowest BCUT2D eigenvalue weighted by Crippen LogP contribution is -2.53. The Balaban J connectivity index is 2.38. The number of rotatable bonds is 4. The molecule has 3 N–H and O–H groups in total. The Morgan fingerprint density at radius 2 is 2.08 bits per heavy atom. The lowest BCUT2D eigenvalue weighted by molar-refractivity contribution is 0.0960. The molecule has 0 aliphatic carbocycles. The van der Waals surface area contributed by atoms with E-state index in [2.05, 4.69) is 12.2 Å². The van der Waals surface area contributed by atoms with Crippen molar-refractivity contribution in [1.82, 2.24) is 5.32 Å². The third kappa shape index (κ3) is 3.13. The summed E-state index contributed by atoms with van der Waals surface area (Å²) in [5.41, 5.74) is -0.519. The molecule has 1 aliphatic heterocycles. The molecule has 1 rings (SSSR count). The van der Waals surface area contributed by atoms with E-state index in [1.54, 1.807) is 0 Å². The Kier molecular flexibility index (Phi) is 4.04. The van der Waals surface area contributed by atoms with Crippen LogP contribution in [0.25, 0.3) is 0 Å². The van der Waals surface area contributed by atoms with Crippen molar-refractivity contribution in [2.75, 3.05) is 19.0 Å². The second-order valence-electron chi connectivity index (χ2n) is 4.10. The van der Waals surface area contributed by atoms with Crippen molar-refractivity contribution in [3.63, 3.8) is 0 Å². The first-order valence-corrected chi connectivity index (χ1v) is 5.75. The van der Waals surface area contributed by atoms with Gasteiger partial charge in [0.15, 0.2) is 0 Å². The van der Waals surface area contributed by atoms with Gasteiger partial charge in [-0.25, -0.2) is 0 Å². The minimum absolute atomic E-state index is 0.0148. The minimum Gasteiger partial charge on any atom is -0.394 e. The largest absolute Gasteiger partial charge is 0.394 e. The Morgan fingerprint density at radius 3 is 2.46 bits per heavy atom. The molecule has 1 heterocycles. The van der Waals surface area contributed by atoms with Gasteiger partial charge in [0.05, 0.1) is 18.8 Å². The van der Waals surface area contributed by atoms with Gasteiger partial charge in [-0.1, -0.05) is 6.92 Å². The van der Waals surface area contributed by atoms with Crippen molar-refractivity contribution in [1.29, 1.82) is 0 Å². The molecule has 1 saturated heterocycles. The van der Waals surface area contributed by atoms with E-state index in [0.717, 1.165) is 12.2 Å². The van der Waals surface area contributed by atoms with Crippen LogP contribution in [0.15, 0.2) is 0 Å². The van der Waals surface area contributed by atoms with E-state index in [9.17, 15) is 0 Å². The molecule has 1 aliphatic rings. The van der Waals surface area contributed by atoms with Crippen LogP contribution in [0.1, 0.15) is 20.3 Å². The second kappa shape index (κ2) is 4.64. The highest BCUT2D eigenvalue weighted by atomic mass is 32.2. The summed E-state index contributed by atoms with van der Waals surface area (Å²) in [6, 6.07) is 0.435. The van der Waals surface area contributed by atoms with Gasteiger partial charge >= 0.3 is 0 Å². The molecule has 1 fully saturated rings. The average molecular weight is 205 g/mol. The lowest BCUT2D eigenvalue weighted by Gasteiger charge is -2.29. The monoisotopic (exact) mass is 205 g/mol. The summed E-state index contributed by atoms with van der Waals surface area (Å²) < 4.78 is 0. The Morgan fingerprint density at radius 1 is 1.46 bits per heavy atom. The zero-order valence-corrected chi connectivity index (χ0v) is 9.10. The first-order chi connectivity index (χ1) is 6.09. The first kappa shape index (κ1) is 11.3. The molecule has 3 nitrogen and oxygen atoms in total. The van der Waals surface area contributed by atoms with E-state index in [4.69, 9.17) is 10.2 Å². The van der Waals surface area contributed by atoms with Crippen LogP contribution >= 0.6 is 11.8 Å². The van der Waals surface area contributed by atoms with E-state index in [0.29, 0.717) is 11.3 Å². The summed E-state index contributed by atoms with van der Waals surface area (Å²) in [6.45, 7) is 4.03. The van der Waals surface area contributed by atoms with Crippen LogP contribution in [0.5, 0.6) is 0 Å². The standard InChI is InChI=1S/C9H19NO2S/c1-7-3-8(4-13-7)10-9(2,5-11)6-12/h7-8,10-12H,3-6H2,1-2H3. The van der Waals surface area contributed by atoms with Gasteiger partial charge in [0.25, 0.3) is 0 Å². The van der Waals surface area contributed by atoms with Crippen LogP contribution in [0.2, 0.25) is 0 Å². The van der Waals surface area contributed by atoms with Gasteiger partial charge in [-0.05, 0) is 13.3 Å². The third-order valence-corrected chi connectivity index (χ3v) is 3.81. The second-order valence-corrected chi connectivity index (χ2v) is 5.57. The fourth-order valence-corrected chi connectivity index (χ4v) is 2.70. The van der Waals surface area contributed by atoms with Crippen molar-refractivity contribution < 1.29 is 10.2 Å². The molecule has 0 spiro atoms. The zero-order valence-electron chi connectivity index (χ0n) is 8.29. The van der Waals surface area contributed by atoms with E-state index in [1.807, 2.05) is 18.7 Å². The Bertz CT molecular complexity index is 162. The number of hydrogen-bond acceptors (Lipinski definition) is 4. The SMILES string of the molecule is CC1CC(NC(C)(CO)CO)CS1. The number of nitrogens with one attached hydrogen (secondary N) is 1. The molecule has 0 saturated carbocycles. The average Bonchev–Trinajstić information content (AvgIpc) is 2.51. The summed E-state index contributed by atoms with van der Waals surface area (Å²) >= 11 is 1.94. The van der Waals surface area contributed by atoms with E-state index in [-0.39, 0.29) is 13.2 Å². The fraction of sp³-hybridized carbons (Fsp3) is 1.00. The van der Waals surface area contributed by atoms with Gasteiger partial charge in [0.1, 0.15) is 0 Å². The molecule has 2 atom stereocenters. The summed E-state index contributed by atoms with van der Waals surface area (Å²) in [5.74, 6) is 1.08. The number of aliphatic hydroxyl groups excluding tert-OH is 2. The number of thioether (sulfide) groups is 1. The topological polar surface area (TPSA) is 52.5 Å². The van der Waals surface area contributed by atoms with Gasteiger partial charge in [0.2, 0.25) is 0 Å². The van der Waals surface area contributed by atoms with Crippen molar-refractivity contribution in [3.8, 4) is 0 Å². The third-order valence-electron chi connectivity index (χ3n) is 2.45. The van der Waals surface area contributed by atoms with Crippen LogP contribution in [0, 0.1) is 0 Å². The summed E-state index contributed by atoms with van der Waals surface area (Å²) in [4.78, 5) is 0. The van der Waals surface area contributed by atoms with Crippen LogP contribution in [-0.2, 0) is 0 Å². The van der Waals surface area contributed by atoms with Crippen LogP contribution < -0.4 is 5.32 Å². The van der Waals surface area contributed by atoms with Crippen molar-refractivity contribution in [3.05, 3.63) is 0 Å². The molecule has 4 heteroatoms. The molecule has 0 radical (unpaired) electrons. The highest BCUT2D eigenvalue weighted by Gasteiger charge is 2.29. The molecule has 13 heavy (non-hydrogen) atoms. The number of hydrogen-bond donors (Lipinski definition) is 3. The summed E-state index contributed by atoms with van der Waals surface area (Å²) in [6.07, 6.45) is 1.13. The molecular weight excluding hydrogens is 186 g/mol. The molecule has 0 aromatic rings. The number of aliphatic hydroxyl groups is 2. The zero-order chi connectivity index (χ0) is 9.90. The van der Waals surface area contributed by atoms with E-state index < -0.39 is 5.54 Å². The lowest BCUT2D eigenvalue weighted by atomic mass is 10.0. The molecule has 78 valence electrons. The highest BCUT2D eigenvalue weighted by molar-refractivity contribution is 8.00. The Labute approximate surface area is 83.9 Å². The van der Waals surface area contributed by atoms with Gasteiger partial charge in [-0.15, -0.1) is 0 Å². The van der Waals surface area contributed by atoms with Crippen molar-refractivity contribution >= 4 is 11.8 Å². The van der Waals surface area contributed by atoms with Crippen LogP contribution in [-0.4, -0.2) is 46.0 Å². The minimum atomic E-state index is -0.519. The van der Waals surface area contributed by atoms with Crippen molar-refractivity contribution in [2.45, 2.75) is 37.1 Å². The van der Waals surface area contributed by atoms with E-state index >= 15 is 0 Å². The van der Waals surface area contributed by atoms with Gasteiger partial charge in [0, 0.05) is 17.0 Å². The van der Waals surface area contributed by atoms with Crippen LogP contribution in [0.3, 0.4) is 0 Å². The highest BCUT2D eigenvalue weighted by Crippen LogP contribution is 2.27. The fourth-order valence-electron chi connectivity index (χ4n) is 1.55. The predicted octanol–water partition coefficient (Wildman–Crippen LogP) is 0.213. The maximum absolute atomic E-state index is 9.08. The smallest absolute Gasteiger partial charge is 0.0633 e. The van der Waals surface area contributed by atoms with Gasteiger partial charge < -0.3 is 15.5 Å². The van der Waals surface area contributed by atoms with Crippen LogP contribution in [0.4, 0.5) is 0 Å².